The van der Waals surface area contributed by atoms with Crippen molar-refractivity contribution >= 4 is 0 Å². The molecule has 0 amide bonds. The van der Waals surface area contributed by atoms with Gasteiger partial charge in [-0.1, -0.05) is 63.9 Å². The van der Waals surface area contributed by atoms with Crippen LogP contribution in [0.1, 0.15) is 96.3 Å². The van der Waals surface area contributed by atoms with E-state index in [1.54, 1.807) is 11.3 Å². The highest BCUT2D eigenvalue weighted by Gasteiger charge is 2.30. The van der Waals surface area contributed by atoms with E-state index >= 15 is 0 Å². The minimum absolute atomic E-state index is 0.643. The number of hydrogen-bond acceptors (Lipinski definition) is 1. The number of dihydropyridines is 1. The third-order valence-corrected chi connectivity index (χ3v) is 7.31. The number of allylic oxidation sites excluding steroid dienone is 3. The van der Waals surface area contributed by atoms with Crippen molar-refractivity contribution in [1.29, 1.82) is 0 Å². The Morgan fingerprint density at radius 3 is 1.79 bits per heavy atom. The molecule has 0 aromatic heterocycles. The molecule has 0 radical (unpaired) electrons. The molecule has 24 heavy (non-hydrogen) atoms. The maximum absolute atomic E-state index is 4.05. The molecule has 3 aliphatic carbocycles. The summed E-state index contributed by atoms with van der Waals surface area (Å²) in [6, 6.07) is 0.643. The maximum Gasteiger partial charge on any atom is 0.0475 e. The Morgan fingerprint density at radius 1 is 0.625 bits per heavy atom. The molecule has 1 aliphatic heterocycles. The fraction of sp³-hybridized carbons (Fsp3) is 0.826. The van der Waals surface area contributed by atoms with Crippen LogP contribution in [-0.2, 0) is 0 Å². The molecule has 1 unspecified atom stereocenters. The summed E-state index contributed by atoms with van der Waals surface area (Å²) in [7, 11) is 0. The van der Waals surface area contributed by atoms with Crippen LogP contribution in [0.15, 0.2) is 23.4 Å². The van der Waals surface area contributed by atoms with Crippen molar-refractivity contribution in [2.45, 2.75) is 102 Å². The van der Waals surface area contributed by atoms with Crippen LogP contribution < -0.4 is 5.32 Å². The summed E-state index contributed by atoms with van der Waals surface area (Å²) in [4.78, 5) is 0. The zero-order valence-corrected chi connectivity index (χ0v) is 15.6. The second-order valence-corrected chi connectivity index (χ2v) is 9.00. The highest BCUT2D eigenvalue weighted by atomic mass is 14.9. The molecule has 3 saturated carbocycles. The van der Waals surface area contributed by atoms with Gasteiger partial charge < -0.3 is 5.32 Å². The Labute approximate surface area is 149 Å². The van der Waals surface area contributed by atoms with Crippen LogP contribution >= 0.6 is 0 Å². The lowest BCUT2D eigenvalue weighted by atomic mass is 9.76. The molecule has 1 N–H and O–H groups in total. The lowest BCUT2D eigenvalue weighted by Gasteiger charge is -2.38. The van der Waals surface area contributed by atoms with Gasteiger partial charge in [-0.25, -0.2) is 0 Å². The van der Waals surface area contributed by atoms with Crippen LogP contribution in [-0.4, -0.2) is 6.04 Å². The summed E-state index contributed by atoms with van der Waals surface area (Å²) in [5, 5.41) is 4.05. The Bertz CT molecular complexity index is 456. The fourth-order valence-corrected chi connectivity index (χ4v) is 5.80. The molecule has 0 bridgehead atoms. The third-order valence-electron chi connectivity index (χ3n) is 7.31. The third kappa shape index (κ3) is 3.92. The maximum atomic E-state index is 4.05. The van der Waals surface area contributed by atoms with Crippen LogP contribution in [0.3, 0.4) is 0 Å². The summed E-state index contributed by atoms with van der Waals surface area (Å²) < 4.78 is 0. The molecule has 0 aromatic carbocycles. The first kappa shape index (κ1) is 16.7. The molecule has 4 aliphatic rings. The Kier molecular flexibility index (Phi) is 5.65. The van der Waals surface area contributed by atoms with Gasteiger partial charge in [-0.15, -0.1) is 0 Å². The van der Waals surface area contributed by atoms with Gasteiger partial charge in [-0.2, -0.15) is 0 Å². The molecule has 0 saturated heterocycles. The zero-order chi connectivity index (χ0) is 16.2. The van der Waals surface area contributed by atoms with Crippen LogP contribution in [0.4, 0.5) is 0 Å². The molecule has 1 nitrogen and oxygen atoms in total. The molecule has 0 aromatic rings. The lowest BCUT2D eigenvalue weighted by Crippen LogP contribution is -2.40. The normalized spacial score (nSPS) is 31.2. The molecular weight excluding hydrogens is 290 g/mol. The lowest BCUT2D eigenvalue weighted by molar-refractivity contribution is 0.290. The quantitative estimate of drug-likeness (QED) is 0.623. The SMILES string of the molecule is C1=C(C2CCCCC2)C=C(C2CCCCC2)NC1C1CCCCC1. The van der Waals surface area contributed by atoms with Gasteiger partial charge in [0.2, 0.25) is 0 Å². The van der Waals surface area contributed by atoms with Crippen molar-refractivity contribution in [2.24, 2.45) is 17.8 Å². The predicted molar refractivity (Wildman–Crippen MR) is 103 cm³/mol. The average molecular weight is 328 g/mol. The van der Waals surface area contributed by atoms with Crippen molar-refractivity contribution in [2.75, 3.05) is 0 Å². The minimum Gasteiger partial charge on any atom is -0.382 e. The van der Waals surface area contributed by atoms with Crippen LogP contribution in [0.25, 0.3) is 0 Å². The topological polar surface area (TPSA) is 12.0 Å². The smallest absolute Gasteiger partial charge is 0.0475 e. The van der Waals surface area contributed by atoms with Gasteiger partial charge in [0.05, 0.1) is 0 Å². The Balaban J connectivity index is 1.54. The second kappa shape index (κ2) is 8.11. The van der Waals surface area contributed by atoms with E-state index in [0.29, 0.717) is 6.04 Å². The Hall–Kier alpha value is -0.720. The summed E-state index contributed by atoms with van der Waals surface area (Å²) in [6.07, 6.45) is 27.0. The monoisotopic (exact) mass is 327 g/mol. The van der Waals surface area contributed by atoms with E-state index in [0.717, 1.165) is 17.8 Å². The van der Waals surface area contributed by atoms with Gasteiger partial charge in [0.25, 0.3) is 0 Å². The highest BCUT2D eigenvalue weighted by molar-refractivity contribution is 5.33. The number of hydrogen-bond donors (Lipinski definition) is 1. The van der Waals surface area contributed by atoms with E-state index in [4.69, 9.17) is 0 Å². The number of nitrogens with one attached hydrogen (secondary N) is 1. The molecule has 134 valence electrons. The second-order valence-electron chi connectivity index (χ2n) is 9.00. The van der Waals surface area contributed by atoms with Gasteiger partial charge in [0.1, 0.15) is 0 Å². The van der Waals surface area contributed by atoms with Gasteiger partial charge in [0.15, 0.2) is 0 Å². The molecule has 4 rings (SSSR count). The molecule has 1 heterocycles. The summed E-state index contributed by atoms with van der Waals surface area (Å²) in [6.45, 7) is 0. The van der Waals surface area contributed by atoms with Gasteiger partial charge in [-0.05, 0) is 67.9 Å². The van der Waals surface area contributed by atoms with E-state index in [1.807, 2.05) is 0 Å². The van der Waals surface area contributed by atoms with E-state index in [1.165, 1.54) is 96.3 Å². The van der Waals surface area contributed by atoms with E-state index < -0.39 is 0 Å². The van der Waals surface area contributed by atoms with Crippen molar-refractivity contribution in [3.05, 3.63) is 23.4 Å². The molecular formula is C23H37N. The van der Waals surface area contributed by atoms with Crippen LogP contribution in [0.5, 0.6) is 0 Å². The molecule has 0 spiro atoms. The predicted octanol–water partition coefficient (Wildman–Crippen LogP) is 6.51. The average Bonchev–Trinajstić information content (AvgIpc) is 2.70. The van der Waals surface area contributed by atoms with Crippen LogP contribution in [0, 0.1) is 17.8 Å². The first-order valence-corrected chi connectivity index (χ1v) is 11.1. The van der Waals surface area contributed by atoms with Crippen molar-refractivity contribution in [3.63, 3.8) is 0 Å². The molecule has 3 fully saturated rings. The largest absolute Gasteiger partial charge is 0.382 e. The Morgan fingerprint density at radius 2 is 1.17 bits per heavy atom. The van der Waals surface area contributed by atoms with E-state index in [9.17, 15) is 0 Å². The van der Waals surface area contributed by atoms with Crippen molar-refractivity contribution < 1.29 is 0 Å². The molecule has 1 heteroatoms. The first-order chi connectivity index (χ1) is 11.9. The fourth-order valence-electron chi connectivity index (χ4n) is 5.80. The minimum atomic E-state index is 0.643. The van der Waals surface area contributed by atoms with Gasteiger partial charge in [0, 0.05) is 11.7 Å². The van der Waals surface area contributed by atoms with Gasteiger partial charge in [-0.3, -0.25) is 0 Å². The van der Waals surface area contributed by atoms with E-state index in [-0.39, 0.29) is 0 Å². The highest BCUT2D eigenvalue weighted by Crippen LogP contribution is 2.38. The zero-order valence-electron chi connectivity index (χ0n) is 15.6. The van der Waals surface area contributed by atoms with Gasteiger partial charge >= 0.3 is 0 Å². The summed E-state index contributed by atoms with van der Waals surface area (Å²) >= 11 is 0. The standard InChI is InChI=1S/C23H37N/c1-4-10-18(11-5-1)21-16-22(19-12-6-2-7-13-19)24-23(17-21)20-14-8-3-9-15-20/h16-20,22,24H,1-15H2. The van der Waals surface area contributed by atoms with Crippen molar-refractivity contribution in [3.8, 4) is 0 Å². The first-order valence-electron chi connectivity index (χ1n) is 11.1. The number of rotatable bonds is 3. The molecule has 1 atom stereocenters. The van der Waals surface area contributed by atoms with E-state index in [2.05, 4.69) is 17.5 Å². The van der Waals surface area contributed by atoms with Crippen molar-refractivity contribution in [1.82, 2.24) is 5.32 Å². The summed E-state index contributed by atoms with van der Waals surface area (Å²) in [5.41, 5.74) is 3.36. The summed E-state index contributed by atoms with van der Waals surface area (Å²) in [5.74, 6) is 2.59. The van der Waals surface area contributed by atoms with Crippen LogP contribution in [0.2, 0.25) is 0 Å².